The Bertz CT molecular complexity index is 561. The summed E-state index contributed by atoms with van der Waals surface area (Å²) in [4.78, 5) is 11.9. The Morgan fingerprint density at radius 1 is 0.750 bits per heavy atom. The van der Waals surface area contributed by atoms with E-state index in [0.717, 1.165) is 25.7 Å². The summed E-state index contributed by atoms with van der Waals surface area (Å²) in [6.45, 7) is 0.994. The molecule has 7 N–H and O–H groups in total. The highest BCUT2D eigenvalue weighted by atomic mass is 16.8. The maximum Gasteiger partial charge on any atom is 0.305 e. The van der Waals surface area contributed by atoms with Crippen LogP contribution in [0.4, 0.5) is 0 Å². The summed E-state index contributed by atoms with van der Waals surface area (Å²) in [6.07, 6.45) is -10.9. The van der Waals surface area contributed by atoms with Gasteiger partial charge in [0.05, 0.1) is 6.61 Å². The fourth-order valence-corrected chi connectivity index (χ4v) is 3.60. The summed E-state index contributed by atoms with van der Waals surface area (Å²) in [6, 6.07) is 0. The van der Waals surface area contributed by atoms with Crippen LogP contribution >= 0.6 is 0 Å². The largest absolute Gasteiger partial charge is 0.463 e. The van der Waals surface area contributed by atoms with Gasteiger partial charge in [0, 0.05) is 6.42 Å². The van der Waals surface area contributed by atoms with Gasteiger partial charge in [-0.05, 0) is 6.42 Å². The van der Waals surface area contributed by atoms with Crippen LogP contribution in [-0.4, -0.2) is 116 Å². The zero-order valence-corrected chi connectivity index (χ0v) is 18.1. The molecule has 188 valence electrons. The van der Waals surface area contributed by atoms with Crippen LogP contribution in [0.1, 0.15) is 45.4 Å². The minimum absolute atomic E-state index is 0.197. The van der Waals surface area contributed by atoms with E-state index in [1.807, 2.05) is 0 Å². The van der Waals surface area contributed by atoms with Crippen molar-refractivity contribution in [1.29, 1.82) is 0 Å². The van der Waals surface area contributed by atoms with Crippen LogP contribution in [0.25, 0.3) is 0 Å². The Morgan fingerprint density at radius 2 is 1.28 bits per heavy atom. The van der Waals surface area contributed by atoms with E-state index in [0.29, 0.717) is 6.42 Å². The molecule has 0 saturated carbocycles. The quantitative estimate of drug-likeness (QED) is 0.125. The highest BCUT2D eigenvalue weighted by Crippen LogP contribution is 2.28. The Kier molecular flexibility index (Phi) is 11.2. The Hall–Kier alpha value is -0.930. The highest BCUT2D eigenvalue weighted by molar-refractivity contribution is 5.69. The predicted octanol–water partition coefficient (Wildman–Crippen LogP) is -2.49. The van der Waals surface area contributed by atoms with E-state index in [9.17, 15) is 40.5 Å². The van der Waals surface area contributed by atoms with E-state index in [4.69, 9.17) is 18.9 Å². The molecule has 2 aliphatic rings. The molecule has 0 aromatic heterocycles. The number of aliphatic hydroxyl groups is 7. The fourth-order valence-electron chi connectivity index (χ4n) is 3.60. The molecule has 32 heavy (non-hydrogen) atoms. The molecule has 0 aromatic carbocycles. The zero-order valence-electron chi connectivity index (χ0n) is 18.1. The molecule has 0 bridgehead atoms. The maximum atomic E-state index is 11.9. The Labute approximate surface area is 186 Å². The normalized spacial score (nSPS) is 40.2. The average molecular weight is 468 g/mol. The van der Waals surface area contributed by atoms with E-state index < -0.39 is 80.6 Å². The first-order valence-corrected chi connectivity index (χ1v) is 11.0. The molecular weight excluding hydrogens is 432 g/mol. The standard InChI is InChI=1S/C20H36O12/c1-2-3-4-5-6-7-12(22)29-9-11-14(24)16(26)18(28)20(31-11)32-19-17(27)15(25)13(23)10(8-21)30-19/h10-11,13-21,23-28H,2-9H2,1H3/t10?,11?,13-,14-,15?,16?,17+,18+,19-,20-/m1/s1. The van der Waals surface area contributed by atoms with E-state index in [-0.39, 0.29) is 6.42 Å². The van der Waals surface area contributed by atoms with Gasteiger partial charge in [0.1, 0.15) is 55.4 Å². The van der Waals surface area contributed by atoms with Crippen LogP contribution in [0.3, 0.4) is 0 Å². The molecule has 2 fully saturated rings. The van der Waals surface area contributed by atoms with E-state index >= 15 is 0 Å². The average Bonchev–Trinajstić information content (AvgIpc) is 2.78. The lowest BCUT2D eigenvalue weighted by molar-refractivity contribution is -0.376. The van der Waals surface area contributed by atoms with Gasteiger partial charge in [-0.25, -0.2) is 0 Å². The van der Waals surface area contributed by atoms with Gasteiger partial charge in [-0.2, -0.15) is 0 Å². The van der Waals surface area contributed by atoms with E-state index in [2.05, 4.69) is 6.92 Å². The molecule has 12 nitrogen and oxygen atoms in total. The topological polar surface area (TPSA) is 196 Å². The van der Waals surface area contributed by atoms with Crippen LogP contribution in [0.15, 0.2) is 0 Å². The number of rotatable bonds is 11. The van der Waals surface area contributed by atoms with Crippen LogP contribution < -0.4 is 0 Å². The third kappa shape index (κ3) is 7.03. The number of hydrogen-bond acceptors (Lipinski definition) is 12. The lowest BCUT2D eigenvalue weighted by Crippen LogP contribution is -2.63. The number of esters is 1. The van der Waals surface area contributed by atoms with Gasteiger partial charge >= 0.3 is 5.97 Å². The zero-order chi connectivity index (χ0) is 23.8. The van der Waals surface area contributed by atoms with Crippen LogP contribution in [0.2, 0.25) is 0 Å². The third-order valence-electron chi connectivity index (χ3n) is 5.68. The van der Waals surface area contributed by atoms with Gasteiger partial charge in [0.15, 0.2) is 12.6 Å². The molecule has 0 spiro atoms. The summed E-state index contributed by atoms with van der Waals surface area (Å²) in [5.41, 5.74) is 0. The lowest BCUT2D eigenvalue weighted by Gasteiger charge is -2.44. The van der Waals surface area contributed by atoms with Crippen molar-refractivity contribution in [3.63, 3.8) is 0 Å². The van der Waals surface area contributed by atoms with Gasteiger partial charge in [-0.1, -0.05) is 32.6 Å². The first kappa shape index (κ1) is 27.3. The highest BCUT2D eigenvalue weighted by Gasteiger charge is 2.49. The number of carbonyl (C=O) groups is 1. The second-order valence-corrected chi connectivity index (χ2v) is 8.20. The van der Waals surface area contributed by atoms with Crippen molar-refractivity contribution in [2.75, 3.05) is 13.2 Å². The molecule has 2 rings (SSSR count). The predicted molar refractivity (Wildman–Crippen MR) is 106 cm³/mol. The molecule has 0 amide bonds. The van der Waals surface area contributed by atoms with Crippen LogP contribution in [-0.2, 0) is 23.7 Å². The molecule has 2 saturated heterocycles. The first-order chi connectivity index (χ1) is 15.2. The fraction of sp³-hybridized carbons (Fsp3) is 0.950. The van der Waals surface area contributed by atoms with Crippen molar-refractivity contribution in [3.8, 4) is 0 Å². The number of carbonyl (C=O) groups excluding carboxylic acids is 1. The van der Waals surface area contributed by atoms with Gasteiger partial charge in [0.25, 0.3) is 0 Å². The molecule has 0 radical (unpaired) electrons. The van der Waals surface area contributed by atoms with Crippen molar-refractivity contribution < 1.29 is 59.5 Å². The molecule has 2 aliphatic heterocycles. The summed E-state index contributed by atoms with van der Waals surface area (Å²) >= 11 is 0. The van der Waals surface area contributed by atoms with Crippen molar-refractivity contribution in [3.05, 3.63) is 0 Å². The van der Waals surface area contributed by atoms with Crippen LogP contribution in [0.5, 0.6) is 0 Å². The molecule has 0 aromatic rings. The molecule has 10 atom stereocenters. The minimum Gasteiger partial charge on any atom is -0.463 e. The molecule has 12 heteroatoms. The van der Waals surface area contributed by atoms with Gasteiger partial charge in [-0.15, -0.1) is 0 Å². The number of aliphatic hydroxyl groups excluding tert-OH is 7. The third-order valence-corrected chi connectivity index (χ3v) is 5.68. The summed E-state index contributed by atoms with van der Waals surface area (Å²) in [5, 5.41) is 69.5. The van der Waals surface area contributed by atoms with Crippen molar-refractivity contribution in [2.24, 2.45) is 0 Å². The van der Waals surface area contributed by atoms with E-state index in [1.54, 1.807) is 0 Å². The molecule has 2 heterocycles. The molecule has 4 unspecified atom stereocenters. The first-order valence-electron chi connectivity index (χ1n) is 11.0. The second-order valence-electron chi connectivity index (χ2n) is 8.20. The number of hydrogen-bond donors (Lipinski definition) is 7. The summed E-state index contributed by atoms with van der Waals surface area (Å²) in [7, 11) is 0. The van der Waals surface area contributed by atoms with Crippen molar-refractivity contribution >= 4 is 5.97 Å². The number of unbranched alkanes of at least 4 members (excludes halogenated alkanes) is 4. The van der Waals surface area contributed by atoms with Crippen molar-refractivity contribution in [1.82, 2.24) is 0 Å². The second kappa shape index (κ2) is 13.1. The summed E-state index contributed by atoms with van der Waals surface area (Å²) in [5.74, 6) is -0.496. The van der Waals surface area contributed by atoms with Gasteiger partial charge in [0.2, 0.25) is 0 Å². The van der Waals surface area contributed by atoms with Gasteiger partial charge < -0.3 is 54.7 Å². The maximum absolute atomic E-state index is 11.9. The van der Waals surface area contributed by atoms with E-state index in [1.165, 1.54) is 0 Å². The molecular formula is C20H36O12. The summed E-state index contributed by atoms with van der Waals surface area (Å²) < 4.78 is 21.0. The monoisotopic (exact) mass is 468 g/mol. The van der Waals surface area contributed by atoms with Crippen LogP contribution in [0, 0.1) is 0 Å². The lowest BCUT2D eigenvalue weighted by atomic mass is 9.98. The molecule has 0 aliphatic carbocycles. The Balaban J connectivity index is 1.90. The SMILES string of the molecule is CCCCCCCC(=O)OCC1O[C@H](O[C@H]2OC(CO)[C@@H](O)C(O)[C@@H]2O)[C@@H](O)C(O)[C@@H]1O. The van der Waals surface area contributed by atoms with Gasteiger partial charge in [-0.3, -0.25) is 4.79 Å². The Morgan fingerprint density at radius 3 is 1.84 bits per heavy atom. The smallest absolute Gasteiger partial charge is 0.305 e. The van der Waals surface area contributed by atoms with Crippen molar-refractivity contribution in [2.45, 2.75) is 107 Å². The minimum atomic E-state index is -1.76. The number of ether oxygens (including phenoxy) is 4.